The highest BCUT2D eigenvalue weighted by Gasteiger charge is 2.20. The molecule has 0 aliphatic carbocycles. The van der Waals surface area contributed by atoms with Crippen LogP contribution in [0.15, 0.2) is 57.1 Å². The maximum Gasteiger partial charge on any atom is 0.273 e. The van der Waals surface area contributed by atoms with Gasteiger partial charge >= 0.3 is 0 Å². The molecule has 4 aromatic rings. The molecule has 26 heavy (non-hydrogen) atoms. The minimum Gasteiger partial charge on any atom is -0.496 e. The second-order valence-electron chi connectivity index (χ2n) is 6.15. The zero-order valence-corrected chi connectivity index (χ0v) is 17.0. The normalized spacial score (nSPS) is 11.3. The van der Waals surface area contributed by atoms with Crippen molar-refractivity contribution in [3.63, 3.8) is 0 Å². The topological polar surface area (TPSA) is 31.2 Å². The van der Waals surface area contributed by atoms with Crippen molar-refractivity contribution < 1.29 is 4.74 Å². The van der Waals surface area contributed by atoms with Gasteiger partial charge in [0.1, 0.15) is 10.4 Å². The van der Waals surface area contributed by atoms with Crippen LogP contribution in [0.1, 0.15) is 18.9 Å². The summed E-state index contributed by atoms with van der Waals surface area (Å²) in [7, 11) is 1.70. The van der Waals surface area contributed by atoms with E-state index in [0.717, 1.165) is 55.3 Å². The monoisotopic (exact) mass is 427 g/mol. The van der Waals surface area contributed by atoms with Crippen LogP contribution in [-0.2, 0) is 6.42 Å². The number of methoxy groups -OCH3 is 1. The van der Waals surface area contributed by atoms with Crippen LogP contribution < -0.4 is 10.3 Å². The summed E-state index contributed by atoms with van der Waals surface area (Å²) >= 11 is 5.19. The van der Waals surface area contributed by atoms with Crippen LogP contribution in [0, 0.1) is 0 Å². The summed E-state index contributed by atoms with van der Waals surface area (Å²) in [5, 5.41) is 4.09. The van der Waals surface area contributed by atoms with Gasteiger partial charge in [-0.3, -0.25) is 9.36 Å². The fourth-order valence-corrected chi connectivity index (χ4v) is 4.96. The number of halogens is 1. The molecule has 0 N–H and O–H groups in total. The molecule has 0 unspecified atom stereocenters. The third kappa shape index (κ3) is 2.58. The Morgan fingerprint density at radius 3 is 2.65 bits per heavy atom. The number of aromatic nitrogens is 1. The summed E-state index contributed by atoms with van der Waals surface area (Å²) in [6, 6.07) is 13.8. The maximum absolute atomic E-state index is 13.3. The zero-order valence-electron chi connectivity index (χ0n) is 14.6. The molecule has 0 saturated carbocycles. The van der Waals surface area contributed by atoms with Gasteiger partial charge in [0, 0.05) is 26.5 Å². The molecule has 132 valence electrons. The van der Waals surface area contributed by atoms with Gasteiger partial charge < -0.3 is 4.74 Å². The smallest absolute Gasteiger partial charge is 0.273 e. The van der Waals surface area contributed by atoms with Gasteiger partial charge in [-0.15, -0.1) is 11.3 Å². The Kier molecular flexibility index (Phi) is 4.59. The van der Waals surface area contributed by atoms with E-state index >= 15 is 0 Å². The lowest BCUT2D eigenvalue weighted by atomic mass is 9.99. The summed E-state index contributed by atoms with van der Waals surface area (Å²) < 4.78 is 9.13. The number of nitrogens with zero attached hydrogens (tertiary/aromatic N) is 1. The summed E-state index contributed by atoms with van der Waals surface area (Å²) in [4.78, 5) is 13.3. The third-order valence-corrected chi connectivity index (χ3v) is 6.12. The molecule has 0 radical (unpaired) electrons. The van der Waals surface area contributed by atoms with Gasteiger partial charge in [0.15, 0.2) is 0 Å². The van der Waals surface area contributed by atoms with Gasteiger partial charge in [-0.1, -0.05) is 31.5 Å². The van der Waals surface area contributed by atoms with Crippen molar-refractivity contribution in [2.75, 3.05) is 7.11 Å². The first-order valence-electron chi connectivity index (χ1n) is 8.54. The first kappa shape index (κ1) is 17.3. The molecule has 0 saturated heterocycles. The van der Waals surface area contributed by atoms with E-state index in [1.165, 1.54) is 11.3 Å². The van der Waals surface area contributed by atoms with Crippen molar-refractivity contribution in [3.8, 4) is 11.4 Å². The highest BCUT2D eigenvalue weighted by Crippen LogP contribution is 2.40. The van der Waals surface area contributed by atoms with E-state index in [1.807, 2.05) is 52.4 Å². The third-order valence-electron chi connectivity index (χ3n) is 4.61. The molecular weight excluding hydrogens is 410 g/mol. The lowest BCUT2D eigenvalue weighted by molar-refractivity contribution is 0.410. The van der Waals surface area contributed by atoms with Crippen LogP contribution in [0.2, 0.25) is 0 Å². The minimum atomic E-state index is 0.0158. The molecule has 5 heteroatoms. The van der Waals surface area contributed by atoms with Crippen molar-refractivity contribution in [1.82, 2.24) is 4.57 Å². The van der Waals surface area contributed by atoms with E-state index in [2.05, 4.69) is 22.9 Å². The molecule has 0 aliphatic heterocycles. The van der Waals surface area contributed by atoms with Crippen LogP contribution in [-0.4, -0.2) is 11.7 Å². The van der Waals surface area contributed by atoms with Gasteiger partial charge in [0.05, 0.1) is 12.6 Å². The standard InChI is InChI=1S/C21H18BrNO2S/c1-3-7-14-17(25-2)12-16(22)19-18(14)15-10-11-26-20(15)21(24)23(19)13-8-5-4-6-9-13/h4-6,8-12H,3,7H2,1-2H3. The summed E-state index contributed by atoms with van der Waals surface area (Å²) in [5.41, 5.74) is 2.94. The Labute approximate surface area is 164 Å². The van der Waals surface area contributed by atoms with E-state index in [0.29, 0.717) is 0 Å². The number of para-hydroxylation sites is 1. The SMILES string of the molecule is CCCc1c(OC)cc(Br)c2c1c1ccsc1c(=O)n2-c1ccccc1. The van der Waals surface area contributed by atoms with Crippen molar-refractivity contribution in [2.24, 2.45) is 0 Å². The molecule has 0 aliphatic rings. The molecule has 0 atom stereocenters. The summed E-state index contributed by atoms with van der Waals surface area (Å²) in [6.45, 7) is 2.16. The average molecular weight is 428 g/mol. The van der Waals surface area contributed by atoms with E-state index in [-0.39, 0.29) is 5.56 Å². The number of ether oxygens (including phenoxy) is 1. The van der Waals surface area contributed by atoms with E-state index in [4.69, 9.17) is 4.74 Å². The Morgan fingerprint density at radius 2 is 1.96 bits per heavy atom. The molecule has 2 heterocycles. The van der Waals surface area contributed by atoms with Crippen molar-refractivity contribution in [1.29, 1.82) is 0 Å². The number of benzene rings is 2. The van der Waals surface area contributed by atoms with E-state index in [1.54, 1.807) is 7.11 Å². The van der Waals surface area contributed by atoms with Crippen LogP contribution in [0.5, 0.6) is 5.75 Å². The molecule has 4 rings (SSSR count). The highest BCUT2D eigenvalue weighted by atomic mass is 79.9. The molecule has 0 amide bonds. The van der Waals surface area contributed by atoms with Crippen LogP contribution in [0.4, 0.5) is 0 Å². The molecule has 0 fully saturated rings. The van der Waals surface area contributed by atoms with Gasteiger partial charge in [0.2, 0.25) is 0 Å². The summed E-state index contributed by atoms with van der Waals surface area (Å²) in [6.07, 6.45) is 1.90. The molecule has 0 bridgehead atoms. The molecular formula is C21H18BrNO2S. The van der Waals surface area contributed by atoms with Gasteiger partial charge in [-0.25, -0.2) is 0 Å². The highest BCUT2D eigenvalue weighted by molar-refractivity contribution is 9.10. The Balaban J connectivity index is 2.30. The molecule has 2 aromatic carbocycles. The number of hydrogen-bond acceptors (Lipinski definition) is 3. The number of rotatable bonds is 4. The lowest BCUT2D eigenvalue weighted by Crippen LogP contribution is -2.19. The minimum absolute atomic E-state index is 0.0158. The first-order valence-corrected chi connectivity index (χ1v) is 10.2. The zero-order chi connectivity index (χ0) is 18.3. The maximum atomic E-state index is 13.3. The second-order valence-corrected chi connectivity index (χ2v) is 7.92. The Morgan fingerprint density at radius 1 is 1.19 bits per heavy atom. The lowest BCUT2D eigenvalue weighted by Gasteiger charge is -2.18. The first-order chi connectivity index (χ1) is 12.7. The number of aryl methyl sites for hydroxylation is 1. The predicted octanol–water partition coefficient (Wildman–Crippen LogP) is 5.93. The Bertz CT molecular complexity index is 1160. The van der Waals surface area contributed by atoms with Gasteiger partial charge in [-0.05, 0) is 52.0 Å². The van der Waals surface area contributed by atoms with Gasteiger partial charge in [-0.2, -0.15) is 0 Å². The number of hydrogen-bond donors (Lipinski definition) is 0. The van der Waals surface area contributed by atoms with Crippen molar-refractivity contribution >= 4 is 48.3 Å². The number of fused-ring (bicyclic) bond motifs is 3. The number of thiophene rings is 1. The van der Waals surface area contributed by atoms with Crippen LogP contribution in [0.25, 0.3) is 26.7 Å². The van der Waals surface area contributed by atoms with Crippen LogP contribution >= 0.6 is 27.3 Å². The predicted molar refractivity (Wildman–Crippen MR) is 113 cm³/mol. The van der Waals surface area contributed by atoms with E-state index < -0.39 is 0 Å². The molecule has 0 spiro atoms. The fourth-order valence-electron chi connectivity index (χ4n) is 3.54. The van der Waals surface area contributed by atoms with Gasteiger partial charge in [0.25, 0.3) is 5.56 Å². The average Bonchev–Trinajstić information content (AvgIpc) is 3.15. The number of pyridine rings is 1. The fraction of sp³-hybridized carbons (Fsp3) is 0.190. The largest absolute Gasteiger partial charge is 0.496 e. The van der Waals surface area contributed by atoms with Crippen molar-refractivity contribution in [2.45, 2.75) is 19.8 Å². The van der Waals surface area contributed by atoms with Crippen LogP contribution in [0.3, 0.4) is 0 Å². The molecule has 2 aromatic heterocycles. The second kappa shape index (κ2) is 6.89. The molecule has 3 nitrogen and oxygen atoms in total. The quantitative estimate of drug-likeness (QED) is 0.404. The van der Waals surface area contributed by atoms with E-state index in [9.17, 15) is 4.79 Å². The van der Waals surface area contributed by atoms with Crippen molar-refractivity contribution in [3.05, 3.63) is 68.2 Å². The summed E-state index contributed by atoms with van der Waals surface area (Å²) in [5.74, 6) is 0.858. The Hall–Kier alpha value is -2.11.